The first-order valence-electron chi connectivity index (χ1n) is 4.86. The van der Waals surface area contributed by atoms with Crippen LogP contribution >= 0.6 is 0 Å². The molecule has 0 aliphatic rings. The molecule has 0 saturated carbocycles. The van der Waals surface area contributed by atoms with Crippen LogP contribution in [0.2, 0.25) is 0 Å². The Balaban J connectivity index is 2.55. The lowest BCUT2D eigenvalue weighted by molar-refractivity contribution is -0.116. The normalized spacial score (nSPS) is 10.2. The molecule has 0 bridgehead atoms. The van der Waals surface area contributed by atoms with Crippen LogP contribution in [0.4, 0.5) is 0 Å². The standard InChI is InChI=1S/C12H17NO/c1-9-4-5-12(10(2)6-9)8-13-7-11(3)14/h4-6,13H,7-8H2,1-3H3. The van der Waals surface area contributed by atoms with Crippen molar-refractivity contribution in [1.29, 1.82) is 0 Å². The maximum Gasteiger partial charge on any atom is 0.143 e. The van der Waals surface area contributed by atoms with E-state index in [2.05, 4.69) is 37.4 Å². The molecule has 0 heterocycles. The summed E-state index contributed by atoms with van der Waals surface area (Å²) in [5.41, 5.74) is 3.82. The third kappa shape index (κ3) is 3.30. The van der Waals surface area contributed by atoms with Gasteiger partial charge in [-0.15, -0.1) is 0 Å². The predicted octanol–water partition coefficient (Wildman–Crippen LogP) is 1.98. The van der Waals surface area contributed by atoms with Crippen LogP contribution in [0.1, 0.15) is 23.6 Å². The molecule has 0 aliphatic heterocycles. The zero-order chi connectivity index (χ0) is 10.6. The Morgan fingerprint density at radius 1 is 1.36 bits per heavy atom. The third-order valence-corrected chi connectivity index (χ3v) is 2.19. The van der Waals surface area contributed by atoms with Gasteiger partial charge in [0.25, 0.3) is 0 Å². The van der Waals surface area contributed by atoms with Gasteiger partial charge in [-0.1, -0.05) is 23.8 Å². The Labute approximate surface area is 85.3 Å². The fourth-order valence-corrected chi connectivity index (χ4v) is 1.42. The van der Waals surface area contributed by atoms with Gasteiger partial charge in [0.05, 0.1) is 6.54 Å². The second kappa shape index (κ2) is 4.91. The summed E-state index contributed by atoms with van der Waals surface area (Å²) in [4.78, 5) is 10.7. The van der Waals surface area contributed by atoms with Gasteiger partial charge in [0.1, 0.15) is 5.78 Å². The molecule has 0 unspecified atom stereocenters. The van der Waals surface area contributed by atoms with Crippen molar-refractivity contribution in [2.75, 3.05) is 6.54 Å². The SMILES string of the molecule is CC(=O)CNCc1ccc(C)cc1C. The molecule has 0 aliphatic carbocycles. The summed E-state index contributed by atoms with van der Waals surface area (Å²) in [6.45, 7) is 6.99. The minimum Gasteiger partial charge on any atom is -0.306 e. The summed E-state index contributed by atoms with van der Waals surface area (Å²) >= 11 is 0. The van der Waals surface area contributed by atoms with Crippen LogP contribution in [0.5, 0.6) is 0 Å². The van der Waals surface area contributed by atoms with Gasteiger partial charge >= 0.3 is 0 Å². The first-order chi connectivity index (χ1) is 6.59. The Kier molecular flexibility index (Phi) is 3.84. The predicted molar refractivity (Wildman–Crippen MR) is 58.3 cm³/mol. The highest BCUT2D eigenvalue weighted by molar-refractivity contribution is 5.77. The highest BCUT2D eigenvalue weighted by Gasteiger charge is 1.98. The van der Waals surface area contributed by atoms with E-state index in [1.165, 1.54) is 16.7 Å². The van der Waals surface area contributed by atoms with Gasteiger partial charge < -0.3 is 5.32 Å². The maximum atomic E-state index is 10.7. The quantitative estimate of drug-likeness (QED) is 0.788. The van der Waals surface area contributed by atoms with Crippen LogP contribution in [-0.4, -0.2) is 12.3 Å². The van der Waals surface area contributed by atoms with Crippen molar-refractivity contribution in [1.82, 2.24) is 5.32 Å². The fourth-order valence-electron chi connectivity index (χ4n) is 1.42. The second-order valence-electron chi connectivity index (χ2n) is 3.74. The third-order valence-electron chi connectivity index (χ3n) is 2.19. The lowest BCUT2D eigenvalue weighted by atomic mass is 10.1. The van der Waals surface area contributed by atoms with Crippen molar-refractivity contribution in [3.8, 4) is 0 Å². The molecule has 0 fully saturated rings. The van der Waals surface area contributed by atoms with E-state index in [9.17, 15) is 4.79 Å². The minimum absolute atomic E-state index is 0.176. The number of carbonyl (C=O) groups excluding carboxylic acids is 1. The van der Waals surface area contributed by atoms with Crippen molar-refractivity contribution in [3.05, 3.63) is 34.9 Å². The van der Waals surface area contributed by atoms with Crippen LogP contribution in [0.15, 0.2) is 18.2 Å². The van der Waals surface area contributed by atoms with E-state index < -0.39 is 0 Å². The van der Waals surface area contributed by atoms with Crippen molar-refractivity contribution >= 4 is 5.78 Å². The first kappa shape index (κ1) is 10.9. The lowest BCUT2D eigenvalue weighted by Crippen LogP contribution is -2.20. The second-order valence-corrected chi connectivity index (χ2v) is 3.74. The lowest BCUT2D eigenvalue weighted by Gasteiger charge is -2.07. The molecular formula is C12H17NO. The number of hydrogen-bond donors (Lipinski definition) is 1. The molecule has 0 radical (unpaired) electrons. The number of Topliss-reactive ketones (excluding diaryl/α,β-unsaturated/α-hetero) is 1. The molecule has 2 nitrogen and oxygen atoms in total. The van der Waals surface area contributed by atoms with E-state index in [1.807, 2.05) is 0 Å². The molecule has 1 aromatic carbocycles. The number of ketones is 1. The Hall–Kier alpha value is -1.15. The Morgan fingerprint density at radius 2 is 2.07 bits per heavy atom. The van der Waals surface area contributed by atoms with Crippen LogP contribution < -0.4 is 5.32 Å². The largest absolute Gasteiger partial charge is 0.306 e. The average molecular weight is 191 g/mol. The summed E-state index contributed by atoms with van der Waals surface area (Å²) in [5.74, 6) is 0.176. The molecule has 0 atom stereocenters. The number of carbonyl (C=O) groups is 1. The van der Waals surface area contributed by atoms with Gasteiger partial charge in [-0.05, 0) is 31.9 Å². The van der Waals surface area contributed by atoms with Crippen LogP contribution in [0, 0.1) is 13.8 Å². The number of nitrogens with one attached hydrogen (secondary N) is 1. The topological polar surface area (TPSA) is 29.1 Å². The van der Waals surface area contributed by atoms with Crippen molar-refractivity contribution < 1.29 is 4.79 Å². The number of aryl methyl sites for hydroxylation is 2. The maximum absolute atomic E-state index is 10.7. The molecule has 0 spiro atoms. The summed E-state index contributed by atoms with van der Waals surface area (Å²) in [7, 11) is 0. The van der Waals surface area contributed by atoms with Gasteiger partial charge in [-0.2, -0.15) is 0 Å². The molecule has 0 aromatic heterocycles. The Morgan fingerprint density at radius 3 is 2.64 bits per heavy atom. The van der Waals surface area contributed by atoms with Crippen molar-refractivity contribution in [2.24, 2.45) is 0 Å². The van der Waals surface area contributed by atoms with Gasteiger partial charge in [-0.25, -0.2) is 0 Å². The van der Waals surface area contributed by atoms with E-state index in [0.717, 1.165) is 6.54 Å². The molecule has 0 amide bonds. The van der Waals surface area contributed by atoms with E-state index in [0.29, 0.717) is 6.54 Å². The summed E-state index contributed by atoms with van der Waals surface area (Å²) in [6, 6.07) is 6.36. The van der Waals surface area contributed by atoms with Gasteiger partial charge in [0.2, 0.25) is 0 Å². The van der Waals surface area contributed by atoms with Gasteiger partial charge in [0.15, 0.2) is 0 Å². The molecule has 76 valence electrons. The van der Waals surface area contributed by atoms with Crippen LogP contribution in [-0.2, 0) is 11.3 Å². The fraction of sp³-hybridized carbons (Fsp3) is 0.417. The highest BCUT2D eigenvalue weighted by atomic mass is 16.1. The van der Waals surface area contributed by atoms with Gasteiger partial charge in [0, 0.05) is 6.54 Å². The van der Waals surface area contributed by atoms with Crippen LogP contribution in [0.3, 0.4) is 0 Å². The monoisotopic (exact) mass is 191 g/mol. The summed E-state index contributed by atoms with van der Waals surface area (Å²) in [5, 5.41) is 3.11. The van der Waals surface area contributed by atoms with Crippen molar-refractivity contribution in [3.63, 3.8) is 0 Å². The smallest absolute Gasteiger partial charge is 0.143 e. The summed E-state index contributed by atoms with van der Waals surface area (Å²) in [6.07, 6.45) is 0. The first-order valence-corrected chi connectivity index (χ1v) is 4.86. The number of benzene rings is 1. The zero-order valence-corrected chi connectivity index (χ0v) is 9.05. The van der Waals surface area contributed by atoms with E-state index in [4.69, 9.17) is 0 Å². The van der Waals surface area contributed by atoms with Crippen LogP contribution in [0.25, 0.3) is 0 Å². The highest BCUT2D eigenvalue weighted by Crippen LogP contribution is 2.09. The molecule has 2 heteroatoms. The van der Waals surface area contributed by atoms with E-state index in [1.54, 1.807) is 6.92 Å². The minimum atomic E-state index is 0.176. The molecule has 1 rings (SSSR count). The van der Waals surface area contributed by atoms with Gasteiger partial charge in [-0.3, -0.25) is 4.79 Å². The summed E-state index contributed by atoms with van der Waals surface area (Å²) < 4.78 is 0. The molecule has 1 aromatic rings. The molecule has 0 saturated heterocycles. The van der Waals surface area contributed by atoms with Crippen molar-refractivity contribution in [2.45, 2.75) is 27.3 Å². The number of rotatable bonds is 4. The van der Waals surface area contributed by atoms with E-state index in [-0.39, 0.29) is 5.78 Å². The molecular weight excluding hydrogens is 174 g/mol. The molecule has 14 heavy (non-hydrogen) atoms. The number of hydrogen-bond acceptors (Lipinski definition) is 2. The van der Waals surface area contributed by atoms with E-state index >= 15 is 0 Å². The Bertz CT molecular complexity index is 331. The zero-order valence-electron chi connectivity index (χ0n) is 9.05. The average Bonchev–Trinajstić information content (AvgIpc) is 2.08. The molecule has 1 N–H and O–H groups in total.